The number of carbonyl (C=O) groups is 1. The lowest BCUT2D eigenvalue weighted by Gasteiger charge is -2.32. The quantitative estimate of drug-likeness (QED) is 0.768. The van der Waals surface area contributed by atoms with Crippen LogP contribution in [0.15, 0.2) is 23.6 Å². The molecular formula is C20H28N4O3S. The largest absolute Gasteiger partial charge is 0.475 e. The molecule has 0 saturated carbocycles. The normalized spacial score (nSPS) is 17.0. The van der Waals surface area contributed by atoms with Crippen molar-refractivity contribution in [1.29, 1.82) is 0 Å². The number of amides is 2. The van der Waals surface area contributed by atoms with Gasteiger partial charge in [0.2, 0.25) is 5.88 Å². The van der Waals surface area contributed by atoms with E-state index in [-0.39, 0.29) is 18.1 Å². The van der Waals surface area contributed by atoms with Crippen LogP contribution in [0.5, 0.6) is 5.88 Å². The molecule has 1 N–H and O–H groups in total. The van der Waals surface area contributed by atoms with Crippen molar-refractivity contribution in [2.75, 3.05) is 32.8 Å². The number of thiophene rings is 1. The van der Waals surface area contributed by atoms with Gasteiger partial charge in [-0.3, -0.25) is 0 Å². The highest BCUT2D eigenvalue weighted by Crippen LogP contribution is 2.16. The molecule has 0 aromatic carbocycles. The fourth-order valence-electron chi connectivity index (χ4n) is 2.94. The van der Waals surface area contributed by atoms with E-state index in [4.69, 9.17) is 9.47 Å². The molecule has 28 heavy (non-hydrogen) atoms. The summed E-state index contributed by atoms with van der Waals surface area (Å²) in [6.07, 6.45) is 0.681. The first-order chi connectivity index (χ1) is 13.5. The Morgan fingerprint density at radius 2 is 2.32 bits per heavy atom. The summed E-state index contributed by atoms with van der Waals surface area (Å²) in [5.41, 5.74) is 0.880. The van der Waals surface area contributed by atoms with Crippen molar-refractivity contribution in [3.63, 3.8) is 0 Å². The molecule has 1 saturated heterocycles. The Bertz CT molecular complexity index is 767. The van der Waals surface area contributed by atoms with E-state index >= 15 is 0 Å². The van der Waals surface area contributed by atoms with Crippen molar-refractivity contribution in [1.82, 2.24) is 20.2 Å². The predicted molar refractivity (Wildman–Crippen MR) is 109 cm³/mol. The summed E-state index contributed by atoms with van der Waals surface area (Å²) in [5, 5.41) is 5.04. The van der Waals surface area contributed by atoms with Gasteiger partial charge in [0.25, 0.3) is 0 Å². The number of urea groups is 1. The van der Waals surface area contributed by atoms with Crippen LogP contribution in [0.2, 0.25) is 0 Å². The summed E-state index contributed by atoms with van der Waals surface area (Å²) < 4.78 is 11.6. The molecule has 0 bridgehead atoms. The Balaban J connectivity index is 1.46. The molecule has 0 radical (unpaired) electrons. The Kier molecular flexibility index (Phi) is 7.22. The summed E-state index contributed by atoms with van der Waals surface area (Å²) in [4.78, 5) is 24.4. The molecule has 8 heteroatoms. The van der Waals surface area contributed by atoms with Crippen LogP contribution in [0.4, 0.5) is 4.79 Å². The van der Waals surface area contributed by atoms with Crippen LogP contribution in [-0.4, -0.2) is 59.9 Å². The molecule has 1 aliphatic rings. The minimum Gasteiger partial charge on any atom is -0.475 e. The fraction of sp³-hybridized carbons (Fsp3) is 0.550. The predicted octanol–water partition coefficient (Wildman–Crippen LogP) is 3.00. The lowest BCUT2D eigenvalue weighted by Crippen LogP contribution is -2.51. The van der Waals surface area contributed by atoms with Crippen LogP contribution in [0.25, 0.3) is 0 Å². The highest BCUT2D eigenvalue weighted by atomic mass is 32.1. The first kappa shape index (κ1) is 20.5. The number of hydrogen-bond donors (Lipinski definition) is 1. The molecule has 3 rings (SSSR count). The second-order valence-electron chi connectivity index (χ2n) is 7.17. The third-order valence-corrected chi connectivity index (χ3v) is 5.37. The maximum atomic E-state index is 12.4. The third-order valence-electron chi connectivity index (χ3n) is 4.44. The topological polar surface area (TPSA) is 76.6 Å². The summed E-state index contributed by atoms with van der Waals surface area (Å²) in [7, 11) is 0. The lowest BCUT2D eigenvalue weighted by molar-refractivity contribution is -0.0359. The molecule has 1 aliphatic heterocycles. The van der Waals surface area contributed by atoms with Crippen molar-refractivity contribution in [2.24, 2.45) is 0 Å². The maximum absolute atomic E-state index is 12.4. The summed E-state index contributed by atoms with van der Waals surface area (Å²) >= 11 is 1.71. The van der Waals surface area contributed by atoms with Crippen LogP contribution in [0, 0.1) is 6.92 Å². The number of aryl methyl sites for hydroxylation is 1. The van der Waals surface area contributed by atoms with E-state index in [0.717, 1.165) is 17.9 Å². The molecule has 1 fully saturated rings. The van der Waals surface area contributed by atoms with Crippen molar-refractivity contribution in [3.8, 4) is 5.88 Å². The van der Waals surface area contributed by atoms with Crippen molar-refractivity contribution >= 4 is 17.4 Å². The van der Waals surface area contributed by atoms with Crippen molar-refractivity contribution in [2.45, 2.75) is 39.2 Å². The van der Waals surface area contributed by atoms with Gasteiger partial charge in [-0.15, -0.1) is 11.3 Å². The molecule has 2 aromatic rings. The van der Waals surface area contributed by atoms with Gasteiger partial charge in [0.1, 0.15) is 18.5 Å². The molecule has 7 nitrogen and oxygen atoms in total. The van der Waals surface area contributed by atoms with Gasteiger partial charge in [0.05, 0.1) is 13.2 Å². The van der Waals surface area contributed by atoms with E-state index in [1.165, 1.54) is 4.88 Å². The molecule has 1 unspecified atom stereocenters. The molecular weight excluding hydrogens is 376 g/mol. The SMILES string of the molecule is Cc1cc(OCC2CN(C(=O)NCCc3cccs3)CCO2)nc(C(C)C)n1. The van der Waals surface area contributed by atoms with E-state index in [1.54, 1.807) is 16.2 Å². The Labute approximate surface area is 170 Å². The first-order valence-electron chi connectivity index (χ1n) is 9.66. The number of carbonyl (C=O) groups excluding carboxylic acids is 1. The van der Waals surface area contributed by atoms with Crippen LogP contribution in [0.3, 0.4) is 0 Å². The number of aromatic nitrogens is 2. The van der Waals surface area contributed by atoms with Gasteiger partial charge in [-0.05, 0) is 24.8 Å². The Hall–Kier alpha value is -2.19. The standard InChI is InChI=1S/C20H28N4O3S/c1-14(2)19-22-15(3)11-18(23-19)27-13-16-12-24(8-9-26-16)20(25)21-7-6-17-5-4-10-28-17/h4-5,10-11,14,16H,6-9,12-13H2,1-3H3,(H,21,25). The minimum atomic E-state index is -0.172. The number of rotatable bonds is 7. The number of morpholine rings is 1. The maximum Gasteiger partial charge on any atom is 0.317 e. The van der Waals surface area contributed by atoms with Gasteiger partial charge in [-0.25, -0.2) is 9.78 Å². The number of nitrogens with one attached hydrogen (secondary N) is 1. The van der Waals surface area contributed by atoms with Gasteiger partial charge in [-0.1, -0.05) is 19.9 Å². The number of ether oxygens (including phenoxy) is 2. The van der Waals surface area contributed by atoms with E-state index in [2.05, 4.69) is 35.2 Å². The van der Waals surface area contributed by atoms with Gasteiger partial charge < -0.3 is 19.7 Å². The van der Waals surface area contributed by atoms with Crippen molar-refractivity contribution in [3.05, 3.63) is 40.0 Å². The van der Waals surface area contributed by atoms with Gasteiger partial charge in [0.15, 0.2) is 0 Å². The summed E-state index contributed by atoms with van der Waals surface area (Å²) in [5.74, 6) is 1.56. The lowest BCUT2D eigenvalue weighted by atomic mass is 10.2. The van der Waals surface area contributed by atoms with Gasteiger partial charge >= 0.3 is 6.03 Å². The van der Waals surface area contributed by atoms with Gasteiger partial charge in [-0.2, -0.15) is 4.98 Å². The first-order valence-corrected chi connectivity index (χ1v) is 10.5. The third kappa shape index (κ3) is 5.90. The number of nitrogens with zero attached hydrogens (tertiary/aromatic N) is 3. The molecule has 152 valence electrons. The second kappa shape index (κ2) is 9.84. The zero-order valence-corrected chi connectivity index (χ0v) is 17.5. The van der Waals surface area contributed by atoms with E-state index in [1.807, 2.05) is 24.4 Å². The summed E-state index contributed by atoms with van der Waals surface area (Å²) in [6.45, 7) is 8.63. The fourth-order valence-corrected chi connectivity index (χ4v) is 3.65. The average molecular weight is 405 g/mol. The van der Waals surface area contributed by atoms with E-state index in [9.17, 15) is 4.79 Å². The van der Waals surface area contributed by atoms with E-state index < -0.39 is 0 Å². The molecule has 0 aliphatic carbocycles. The molecule has 1 atom stereocenters. The number of hydrogen-bond acceptors (Lipinski definition) is 6. The average Bonchev–Trinajstić information content (AvgIpc) is 3.19. The minimum absolute atomic E-state index is 0.0511. The van der Waals surface area contributed by atoms with Crippen LogP contribution < -0.4 is 10.1 Å². The van der Waals surface area contributed by atoms with Crippen molar-refractivity contribution < 1.29 is 14.3 Å². The molecule has 3 heterocycles. The smallest absolute Gasteiger partial charge is 0.317 e. The second-order valence-corrected chi connectivity index (χ2v) is 8.20. The van der Waals surface area contributed by atoms with Crippen LogP contribution >= 0.6 is 11.3 Å². The highest BCUT2D eigenvalue weighted by Gasteiger charge is 2.25. The highest BCUT2D eigenvalue weighted by molar-refractivity contribution is 7.09. The zero-order valence-electron chi connectivity index (χ0n) is 16.7. The molecule has 0 spiro atoms. The molecule has 2 amide bonds. The monoisotopic (exact) mass is 404 g/mol. The summed E-state index contributed by atoms with van der Waals surface area (Å²) in [6, 6.07) is 5.88. The van der Waals surface area contributed by atoms with Gasteiger partial charge in [0, 0.05) is 35.6 Å². The zero-order chi connectivity index (χ0) is 19.9. The Morgan fingerprint density at radius 3 is 3.07 bits per heavy atom. The Morgan fingerprint density at radius 1 is 1.46 bits per heavy atom. The van der Waals surface area contributed by atoms with E-state index in [0.29, 0.717) is 38.7 Å². The molecule has 2 aromatic heterocycles. The van der Waals surface area contributed by atoms with Crippen LogP contribution in [0.1, 0.15) is 36.2 Å². The van der Waals surface area contributed by atoms with Crippen LogP contribution in [-0.2, 0) is 11.2 Å².